The average molecular weight is 1170 g/mol. The molecule has 76 heavy (non-hydrogen) atoms. The molecule has 376 valence electrons. The Morgan fingerprint density at radius 2 is 1.29 bits per heavy atom. The molecule has 0 saturated carbocycles. The number of nitrogens with one attached hydrogen (secondary N) is 2. The van der Waals surface area contributed by atoms with Gasteiger partial charge in [0.25, 0.3) is 0 Å². The summed E-state index contributed by atoms with van der Waals surface area (Å²) in [6.07, 6.45) is 25.3. The van der Waals surface area contributed by atoms with Crippen LogP contribution in [0.4, 0.5) is 22.7 Å². The second kappa shape index (κ2) is 22.0. The number of hydrogen-bond donors (Lipinski definition) is 2. The molecule has 2 N–H and O–H groups in total. The quantitative estimate of drug-likeness (QED) is 0.116. The molecule has 3 aliphatic rings. The summed E-state index contributed by atoms with van der Waals surface area (Å²) < 4.78 is 53.1. The summed E-state index contributed by atoms with van der Waals surface area (Å²) in [6, 6.07) is 35.4. The van der Waals surface area contributed by atoms with Crippen molar-refractivity contribution in [3.8, 4) is 28.7 Å². The minimum atomic E-state index is -0.506. The summed E-state index contributed by atoms with van der Waals surface area (Å²) in [4.78, 5) is 14.0. The molecule has 3 aromatic heterocycles. The second-order valence-corrected chi connectivity index (χ2v) is 20.3. The number of ether oxygens (including phenoxy) is 1. The molecule has 11 rings (SSSR count). The van der Waals surface area contributed by atoms with Gasteiger partial charge in [-0.1, -0.05) is 155 Å². The Hall–Kier alpha value is -8.06. The number of nitrogens with zero attached hydrogens (tertiary/aromatic N) is 5. The van der Waals surface area contributed by atoms with E-state index in [1.165, 1.54) is 5.56 Å². The molecule has 6 heterocycles. The minimum Gasteiger partial charge on any atom is -0.503 e. The Kier molecular flexibility index (Phi) is 13.1. The van der Waals surface area contributed by atoms with E-state index in [1.807, 2.05) is 127 Å². The maximum atomic E-state index is 9.15. The number of hydrogen-bond acceptors (Lipinski definition) is 7. The monoisotopic (exact) mass is 1170 g/mol. The van der Waals surface area contributed by atoms with E-state index in [9.17, 15) is 0 Å². The number of pyridine rings is 2. The summed E-state index contributed by atoms with van der Waals surface area (Å²) >= 11 is 0. The van der Waals surface area contributed by atoms with Gasteiger partial charge in [-0.25, -0.2) is 4.98 Å². The van der Waals surface area contributed by atoms with Crippen molar-refractivity contribution in [3.63, 3.8) is 0 Å². The standard InChI is InChI=1S/C65H56B2N7O.Pt/c1-64(2,3)46-27-30-57-53(39-46)50-29-28-49(43-60(50)74(57)61-40-47(31-38-70-61)65(4,5)6)75-62-42-48(41-56(71-62)45-19-8-7-9-20-45)72-44-73(59-26-11-10-25-58(59)72)63-51(54-23-17-36-68-34-14-12-32-66-54)21-16-22-52(63)55-24-18-37-69-35-15-13-33-67-55;/h7-41,44,68-69H,1-6H3;/q-3;/b32-12-,33-13-,34-14-,35-15-,36-17-,37-18-,54-23-,55-24-;/i7D,8D,9D,19D,20D;. The Morgan fingerprint density at radius 3 is 1.96 bits per heavy atom. The summed E-state index contributed by atoms with van der Waals surface area (Å²) in [5.74, 6) is 5.06. The summed E-state index contributed by atoms with van der Waals surface area (Å²) in [7, 11) is 4.18. The van der Waals surface area contributed by atoms with Gasteiger partial charge in [-0.05, 0) is 104 Å². The zero-order chi connectivity index (χ0) is 55.9. The maximum Gasteiger partial charge on any atom is 0.182 e. The van der Waals surface area contributed by atoms with Gasteiger partial charge >= 0.3 is 0 Å². The third-order valence-electron chi connectivity index (χ3n) is 13.2. The van der Waals surface area contributed by atoms with Gasteiger partial charge in [0, 0.05) is 80.4 Å². The fourth-order valence-corrected chi connectivity index (χ4v) is 9.34. The predicted octanol–water partition coefficient (Wildman–Crippen LogP) is 15.0. The molecule has 0 fully saturated rings. The molecule has 0 unspecified atom stereocenters. The Morgan fingerprint density at radius 1 is 0.645 bits per heavy atom. The van der Waals surface area contributed by atoms with Crippen LogP contribution in [0.5, 0.6) is 11.6 Å². The molecule has 0 bridgehead atoms. The summed E-state index contributed by atoms with van der Waals surface area (Å²) in [5, 5.41) is 8.38. The van der Waals surface area contributed by atoms with Crippen LogP contribution in [-0.2, 0) is 31.9 Å². The van der Waals surface area contributed by atoms with Crippen molar-refractivity contribution < 1.29 is 32.7 Å². The minimum absolute atomic E-state index is 0. The first-order valence-corrected chi connectivity index (χ1v) is 25.0. The molecule has 5 aromatic carbocycles. The van der Waals surface area contributed by atoms with Crippen molar-refractivity contribution in [2.75, 3.05) is 9.80 Å². The van der Waals surface area contributed by atoms with E-state index in [-0.39, 0.29) is 49.0 Å². The van der Waals surface area contributed by atoms with E-state index >= 15 is 0 Å². The SMILES string of the molecule is [2H]c1c([2H])c([2H])c(-c2cc(N3[CH-]N(c4c(/C5=C/C=C\N/C=C\C=C/[B]5)cccc4/C4=C/C=C\N/C=C\C=C/[B]4)c4ccccc43)[c-]c(Oc3[c-]c4c(cc3)c3cc(C(C)(C)C)ccc3n4-c3cc(C(C)(C)C)ccn3)n2)c([2H])c1[2H].[Pt]. The molecule has 2 radical (unpaired) electrons. The molecule has 0 saturated heterocycles. The molecule has 8 nitrogen and oxygen atoms in total. The van der Waals surface area contributed by atoms with E-state index in [0.29, 0.717) is 11.4 Å². The van der Waals surface area contributed by atoms with E-state index in [4.69, 9.17) is 21.6 Å². The first kappa shape index (κ1) is 45.3. The van der Waals surface area contributed by atoms with Gasteiger partial charge in [0.15, 0.2) is 14.6 Å². The van der Waals surface area contributed by atoms with Crippen LogP contribution in [-0.4, -0.2) is 29.1 Å². The van der Waals surface area contributed by atoms with Crippen LogP contribution in [0.3, 0.4) is 0 Å². The molecular formula is C65H56B2N7OPt-3. The topological polar surface area (TPSA) is 70.5 Å². The van der Waals surface area contributed by atoms with E-state index in [1.54, 1.807) is 6.07 Å². The third-order valence-corrected chi connectivity index (χ3v) is 13.2. The largest absolute Gasteiger partial charge is 0.503 e. The van der Waals surface area contributed by atoms with Gasteiger partial charge in [0.1, 0.15) is 11.7 Å². The Labute approximate surface area is 470 Å². The molecular weight excluding hydrogens is 1110 g/mol. The van der Waals surface area contributed by atoms with Crippen LogP contribution in [0.25, 0.3) is 49.8 Å². The van der Waals surface area contributed by atoms with Crippen LogP contribution in [0.15, 0.2) is 213 Å². The molecule has 3 aliphatic heterocycles. The number of fused-ring (bicyclic) bond motifs is 4. The van der Waals surface area contributed by atoms with Crippen LogP contribution >= 0.6 is 0 Å². The first-order valence-electron chi connectivity index (χ1n) is 27.5. The van der Waals surface area contributed by atoms with Crippen molar-refractivity contribution >= 4 is 70.1 Å². The van der Waals surface area contributed by atoms with Crippen molar-refractivity contribution in [3.05, 3.63) is 254 Å². The number of anilines is 4. The van der Waals surface area contributed by atoms with Gasteiger partial charge < -0.3 is 29.7 Å². The van der Waals surface area contributed by atoms with Crippen LogP contribution in [0.1, 0.15) is 70.7 Å². The Balaban J connectivity index is 0.00000736. The third kappa shape index (κ3) is 10.7. The second-order valence-electron chi connectivity index (χ2n) is 20.3. The van der Waals surface area contributed by atoms with E-state index in [0.717, 1.165) is 72.3 Å². The molecule has 0 amide bonds. The fraction of sp³-hybridized carbons (Fsp3) is 0.123. The van der Waals surface area contributed by atoms with Gasteiger partial charge in [0.2, 0.25) is 0 Å². The molecule has 8 aromatic rings. The van der Waals surface area contributed by atoms with Crippen LogP contribution < -0.4 is 25.2 Å². The number of benzene rings is 5. The smallest absolute Gasteiger partial charge is 0.182 e. The molecule has 0 atom stereocenters. The van der Waals surface area contributed by atoms with Gasteiger partial charge in [-0.3, -0.25) is 4.98 Å². The average Bonchev–Trinajstić information content (AvgIpc) is 4.05. The first-order chi connectivity index (χ1) is 38.5. The van der Waals surface area contributed by atoms with Crippen LogP contribution in [0.2, 0.25) is 0 Å². The van der Waals surface area contributed by atoms with Crippen LogP contribution in [0, 0.1) is 18.8 Å². The number of para-hydroxylation sites is 3. The molecule has 0 aliphatic carbocycles. The summed E-state index contributed by atoms with van der Waals surface area (Å²) in [5.41, 5.74) is 10.5. The van der Waals surface area contributed by atoms with Gasteiger partial charge in [-0.15, -0.1) is 36.1 Å². The number of allylic oxidation sites excluding steroid dienone is 8. The normalized spacial score (nSPS) is 19.3. The Bertz CT molecular complexity index is 3940. The van der Waals surface area contributed by atoms with E-state index < -0.39 is 30.2 Å². The number of aromatic nitrogens is 3. The van der Waals surface area contributed by atoms with Crippen molar-refractivity contribution in [2.45, 2.75) is 52.4 Å². The maximum absolute atomic E-state index is 9.15. The number of rotatable bonds is 8. The molecule has 11 heteroatoms. The summed E-state index contributed by atoms with van der Waals surface area (Å²) in [6.45, 7) is 15.1. The molecule has 0 spiro atoms. The fourth-order valence-electron chi connectivity index (χ4n) is 9.34. The van der Waals surface area contributed by atoms with Crippen molar-refractivity contribution in [2.24, 2.45) is 0 Å². The van der Waals surface area contributed by atoms with Crippen molar-refractivity contribution in [1.82, 2.24) is 25.2 Å². The van der Waals surface area contributed by atoms with Crippen molar-refractivity contribution in [1.29, 1.82) is 0 Å². The zero-order valence-electron chi connectivity index (χ0n) is 48.0. The van der Waals surface area contributed by atoms with Gasteiger partial charge in [0.05, 0.1) is 6.85 Å². The zero-order valence-corrected chi connectivity index (χ0v) is 45.3. The van der Waals surface area contributed by atoms with Gasteiger partial charge in [-0.2, -0.15) is 23.9 Å². The van der Waals surface area contributed by atoms with E-state index in [2.05, 4.69) is 149 Å². The predicted molar refractivity (Wildman–Crippen MR) is 313 cm³/mol.